The molecular formula is C40H47N5O6S. The van der Waals surface area contributed by atoms with Gasteiger partial charge in [0.2, 0.25) is 21.8 Å². The Morgan fingerprint density at radius 3 is 2.62 bits per heavy atom. The highest BCUT2D eigenvalue weighted by molar-refractivity contribution is 7.91. The molecule has 3 fully saturated rings. The second kappa shape index (κ2) is 13.0. The molecule has 1 N–H and O–H groups in total. The van der Waals surface area contributed by atoms with Crippen LogP contribution in [0.1, 0.15) is 94.6 Å². The van der Waals surface area contributed by atoms with Crippen LogP contribution in [0.5, 0.6) is 5.75 Å². The van der Waals surface area contributed by atoms with Gasteiger partial charge in [-0.3, -0.25) is 19.1 Å². The lowest BCUT2D eigenvalue weighted by molar-refractivity contribution is -0.142. The van der Waals surface area contributed by atoms with Crippen molar-refractivity contribution in [3.8, 4) is 5.75 Å². The first kappa shape index (κ1) is 34.9. The third kappa shape index (κ3) is 6.30. The molecule has 2 saturated carbocycles. The highest BCUT2D eigenvalue weighted by atomic mass is 32.2. The molecule has 1 saturated heterocycles. The largest absolute Gasteiger partial charge is 0.483 e. The highest BCUT2D eigenvalue weighted by Crippen LogP contribution is 2.58. The zero-order valence-electron chi connectivity index (χ0n) is 30.0. The molecular weight excluding hydrogens is 679 g/mol. The molecule has 0 bridgehead atoms. The number of sulfonamides is 1. The Morgan fingerprint density at radius 2 is 1.83 bits per heavy atom. The number of fused-ring (bicyclic) bond motifs is 5. The maximum absolute atomic E-state index is 14.8. The van der Waals surface area contributed by atoms with Crippen LogP contribution in [-0.4, -0.2) is 68.8 Å². The van der Waals surface area contributed by atoms with Gasteiger partial charge in [-0.05, 0) is 83.3 Å². The van der Waals surface area contributed by atoms with Gasteiger partial charge in [0, 0.05) is 48.5 Å². The van der Waals surface area contributed by atoms with Crippen LogP contribution >= 0.6 is 0 Å². The molecule has 3 aliphatic heterocycles. The SMILES string of the molecule is Cc1nc2ccccc2c2c1O[C@]1(CC2)C[C@H]2C(=O)C[C@]3(C(=O)NS(=O)(=O)C4(C)CC4)C[C@H]3/C=C\CCCCC[C@H](Cc3ncccn3)C(=O)N2C1. The van der Waals surface area contributed by atoms with Gasteiger partial charge in [-0.15, -0.1) is 0 Å². The van der Waals surface area contributed by atoms with Crippen molar-refractivity contribution in [2.75, 3.05) is 6.54 Å². The van der Waals surface area contributed by atoms with E-state index in [-0.39, 0.29) is 37.0 Å². The van der Waals surface area contributed by atoms with Crippen molar-refractivity contribution in [3.05, 3.63) is 72.0 Å². The molecule has 2 aliphatic carbocycles. The number of nitrogens with zero attached hydrogens (tertiary/aromatic N) is 4. The molecule has 3 aromatic rings. The second-order valence-electron chi connectivity index (χ2n) is 16.1. The Kier molecular flexibility index (Phi) is 8.74. The van der Waals surface area contributed by atoms with Crippen LogP contribution in [0.15, 0.2) is 54.9 Å². The van der Waals surface area contributed by atoms with E-state index in [1.165, 1.54) is 0 Å². The van der Waals surface area contributed by atoms with E-state index in [0.717, 1.165) is 47.8 Å². The number of para-hydroxylation sites is 1. The molecule has 5 heterocycles. The molecule has 274 valence electrons. The summed E-state index contributed by atoms with van der Waals surface area (Å²) in [6, 6.07) is 8.93. The Morgan fingerprint density at radius 1 is 1.04 bits per heavy atom. The summed E-state index contributed by atoms with van der Waals surface area (Å²) in [7, 11) is -3.90. The van der Waals surface area contributed by atoms with Gasteiger partial charge in [0.1, 0.15) is 17.2 Å². The second-order valence-corrected chi connectivity index (χ2v) is 18.3. The third-order valence-corrected chi connectivity index (χ3v) is 14.6. The van der Waals surface area contributed by atoms with Gasteiger partial charge in [0.25, 0.3) is 0 Å². The molecule has 12 heteroatoms. The molecule has 8 rings (SSSR count). The van der Waals surface area contributed by atoms with E-state index in [1.54, 1.807) is 30.3 Å². The van der Waals surface area contributed by atoms with Crippen LogP contribution in [-0.2, 0) is 37.2 Å². The number of nitrogens with one attached hydrogen (secondary N) is 1. The van der Waals surface area contributed by atoms with Gasteiger partial charge in [0.05, 0.1) is 34.0 Å². The molecule has 5 aliphatic rings. The summed E-state index contributed by atoms with van der Waals surface area (Å²) in [6.07, 6.45) is 14.7. The topological polar surface area (TPSA) is 149 Å². The number of carbonyl (C=O) groups is 3. The van der Waals surface area contributed by atoms with E-state index in [4.69, 9.17) is 9.72 Å². The number of ketones is 1. The van der Waals surface area contributed by atoms with E-state index < -0.39 is 43.7 Å². The van der Waals surface area contributed by atoms with Crippen molar-refractivity contribution in [3.63, 3.8) is 0 Å². The van der Waals surface area contributed by atoms with Crippen molar-refractivity contribution in [2.45, 2.75) is 114 Å². The predicted molar refractivity (Wildman–Crippen MR) is 195 cm³/mol. The summed E-state index contributed by atoms with van der Waals surface area (Å²) in [5, 5.41) is 1.04. The average Bonchev–Trinajstić information content (AvgIpc) is 4.02. The lowest BCUT2D eigenvalue weighted by atomic mass is 9.85. The van der Waals surface area contributed by atoms with Crippen molar-refractivity contribution >= 4 is 38.5 Å². The van der Waals surface area contributed by atoms with Crippen molar-refractivity contribution in [1.29, 1.82) is 0 Å². The van der Waals surface area contributed by atoms with Crippen LogP contribution in [0.25, 0.3) is 10.9 Å². The van der Waals surface area contributed by atoms with E-state index >= 15 is 0 Å². The summed E-state index contributed by atoms with van der Waals surface area (Å²) in [5.41, 5.74) is 0.751. The standard InChI is InChI=1S/C40H47N5O6S/c1-26-35-30(29-13-8-9-14-31(29)43-26)15-16-39(51-35)23-32-33(46)24-40(37(48)44-52(49,50)38(2)17-18-38)22-28(40)12-7-5-3-4-6-11-27(36(47)45(32)25-39)21-34-41-19-10-20-42-34/h7-10,12-14,19-20,27-28,32H,3-6,11,15-18,21-25H2,1-2H3,(H,44,48)/b12-7-/t27-,28-,32+,39-,40-/m1/s1. The van der Waals surface area contributed by atoms with Gasteiger partial charge in [0.15, 0.2) is 5.78 Å². The Hall–Kier alpha value is -4.19. The van der Waals surface area contributed by atoms with Crippen molar-refractivity contribution in [1.82, 2.24) is 24.6 Å². The molecule has 2 aromatic heterocycles. The number of allylic oxidation sites excluding steroid dienone is 2. The monoisotopic (exact) mass is 725 g/mol. The molecule has 52 heavy (non-hydrogen) atoms. The molecule has 0 radical (unpaired) electrons. The first-order valence-corrected chi connectivity index (χ1v) is 20.3. The first-order valence-electron chi connectivity index (χ1n) is 18.8. The van der Waals surface area contributed by atoms with E-state index in [0.29, 0.717) is 56.5 Å². The predicted octanol–water partition coefficient (Wildman–Crippen LogP) is 5.34. The van der Waals surface area contributed by atoms with Crippen LogP contribution in [0, 0.1) is 24.2 Å². The Labute approximate surface area is 305 Å². The number of hydrogen-bond donors (Lipinski definition) is 1. The number of hydrogen-bond acceptors (Lipinski definition) is 9. The highest BCUT2D eigenvalue weighted by Gasteiger charge is 2.63. The van der Waals surface area contributed by atoms with Crippen molar-refractivity contribution < 1.29 is 27.5 Å². The molecule has 5 atom stereocenters. The fourth-order valence-electron chi connectivity index (χ4n) is 8.77. The van der Waals surface area contributed by atoms with Crippen molar-refractivity contribution in [2.24, 2.45) is 17.3 Å². The van der Waals surface area contributed by atoms with Crippen LogP contribution in [0.3, 0.4) is 0 Å². The summed E-state index contributed by atoms with van der Waals surface area (Å²) in [4.78, 5) is 58.9. The zero-order valence-corrected chi connectivity index (χ0v) is 30.8. The van der Waals surface area contributed by atoms with Gasteiger partial charge in [-0.1, -0.05) is 43.2 Å². The number of amides is 2. The van der Waals surface area contributed by atoms with E-state index in [2.05, 4.69) is 26.8 Å². The molecule has 1 aromatic carbocycles. The minimum atomic E-state index is -3.90. The quantitative estimate of drug-likeness (QED) is 0.344. The lowest BCUT2D eigenvalue weighted by Gasteiger charge is -2.36. The third-order valence-electron chi connectivity index (χ3n) is 12.4. The Bertz CT molecular complexity index is 2070. The maximum atomic E-state index is 14.8. The Balaban J connectivity index is 1.14. The number of pyridine rings is 1. The minimum absolute atomic E-state index is 0.131. The van der Waals surface area contributed by atoms with Gasteiger partial charge < -0.3 is 9.64 Å². The fourth-order valence-corrected chi connectivity index (χ4v) is 10.1. The van der Waals surface area contributed by atoms with Crippen LogP contribution in [0.4, 0.5) is 0 Å². The van der Waals surface area contributed by atoms with Gasteiger partial charge in [-0.2, -0.15) is 0 Å². The number of carbonyl (C=O) groups excluding carboxylic acids is 3. The van der Waals surface area contributed by atoms with Crippen LogP contribution in [0.2, 0.25) is 0 Å². The van der Waals surface area contributed by atoms with Gasteiger partial charge in [-0.25, -0.2) is 23.4 Å². The number of aryl methyl sites for hydroxylation is 2. The molecule has 11 nitrogen and oxygen atoms in total. The fraction of sp³-hybridized carbons (Fsp3) is 0.550. The molecule has 0 unspecified atom stereocenters. The summed E-state index contributed by atoms with van der Waals surface area (Å²) in [6.45, 7) is 3.81. The average molecular weight is 726 g/mol. The van der Waals surface area contributed by atoms with Gasteiger partial charge >= 0.3 is 0 Å². The lowest BCUT2D eigenvalue weighted by Crippen LogP contribution is -2.48. The number of Topliss-reactive ketones (excluding diaryl/α,β-unsaturated/α-hetero) is 1. The maximum Gasteiger partial charge on any atom is 0.240 e. The van der Waals surface area contributed by atoms with E-state index in [1.807, 2.05) is 31.2 Å². The number of benzene rings is 1. The first-order chi connectivity index (χ1) is 24.9. The van der Waals surface area contributed by atoms with E-state index in [9.17, 15) is 22.8 Å². The smallest absolute Gasteiger partial charge is 0.240 e. The number of aromatic nitrogens is 3. The van der Waals surface area contributed by atoms with Crippen LogP contribution < -0.4 is 9.46 Å². The molecule has 1 spiro atoms. The normalized spacial score (nSPS) is 30.7. The zero-order chi connectivity index (χ0) is 36.3. The summed E-state index contributed by atoms with van der Waals surface area (Å²) in [5.74, 6) is -0.389. The summed E-state index contributed by atoms with van der Waals surface area (Å²) < 4.78 is 34.8. The molecule has 2 amide bonds. The minimum Gasteiger partial charge on any atom is -0.483 e. The number of rotatable bonds is 5. The summed E-state index contributed by atoms with van der Waals surface area (Å²) >= 11 is 0. The number of ether oxygens (including phenoxy) is 1.